The van der Waals surface area contributed by atoms with E-state index in [9.17, 15) is 18.0 Å². The van der Waals surface area contributed by atoms with Crippen molar-refractivity contribution >= 4 is 6.03 Å². The minimum atomic E-state index is -4.46. The number of amides is 2. The van der Waals surface area contributed by atoms with Gasteiger partial charge in [0, 0.05) is 26.2 Å². The summed E-state index contributed by atoms with van der Waals surface area (Å²) in [7, 11) is 0.583. The van der Waals surface area contributed by atoms with E-state index in [1.807, 2.05) is 35.2 Å². The summed E-state index contributed by atoms with van der Waals surface area (Å²) in [6, 6.07) is 10.1. The number of halogens is 3. The smallest absolute Gasteiger partial charge is 0.392 e. The zero-order valence-corrected chi connectivity index (χ0v) is 12.8. The van der Waals surface area contributed by atoms with Crippen LogP contribution in [0.15, 0.2) is 30.3 Å². The van der Waals surface area contributed by atoms with Gasteiger partial charge in [0.15, 0.2) is 0 Å². The maximum Gasteiger partial charge on any atom is 0.522 e. The van der Waals surface area contributed by atoms with Gasteiger partial charge in [-0.3, -0.25) is 4.74 Å². The lowest BCUT2D eigenvalue weighted by Crippen LogP contribution is -2.30. The van der Waals surface area contributed by atoms with Crippen LogP contribution in [0.4, 0.5) is 18.0 Å². The number of aliphatic hydroxyl groups is 1. The van der Waals surface area contributed by atoms with E-state index >= 15 is 0 Å². The molecule has 23 heavy (non-hydrogen) atoms. The Balaban J connectivity index is 0.000000177. The number of benzene rings is 1. The van der Waals surface area contributed by atoms with Gasteiger partial charge < -0.3 is 15.3 Å². The molecule has 0 radical (unpaired) electrons. The minimum absolute atomic E-state index is 0.137. The topological polar surface area (TPSA) is 61.8 Å². The molecule has 2 aliphatic rings. The van der Waals surface area contributed by atoms with Crippen LogP contribution < -0.4 is 5.32 Å². The molecule has 8 heteroatoms. The molecule has 1 atom stereocenters. The van der Waals surface area contributed by atoms with Gasteiger partial charge >= 0.3 is 12.4 Å². The fourth-order valence-electron chi connectivity index (χ4n) is 2.13. The summed E-state index contributed by atoms with van der Waals surface area (Å²) in [5.74, 6) is 0. The molecule has 2 saturated heterocycles. The number of nitrogens with zero attached hydrogens (tertiary/aromatic N) is 1. The van der Waals surface area contributed by atoms with Crippen molar-refractivity contribution in [1.29, 1.82) is 0 Å². The number of urea groups is 1. The van der Waals surface area contributed by atoms with Crippen LogP contribution >= 0.6 is 0 Å². The summed E-state index contributed by atoms with van der Waals surface area (Å²) in [6.45, 7) is 2.04. The molecule has 3 rings (SSSR count). The van der Waals surface area contributed by atoms with Crippen molar-refractivity contribution in [3.8, 4) is 0 Å². The number of hydrogen-bond acceptors (Lipinski definition) is 3. The number of nitrogens with one attached hydrogen (secondary N) is 1. The van der Waals surface area contributed by atoms with Crippen LogP contribution in [0.5, 0.6) is 0 Å². The Morgan fingerprint density at radius 2 is 1.96 bits per heavy atom. The number of alkyl halides is 3. The third-order valence-electron chi connectivity index (χ3n) is 3.29. The molecule has 0 spiro atoms. The van der Waals surface area contributed by atoms with E-state index in [0.717, 1.165) is 18.7 Å². The van der Waals surface area contributed by atoms with Gasteiger partial charge in [-0.15, -0.1) is 13.2 Å². The fourth-order valence-corrected chi connectivity index (χ4v) is 2.13. The van der Waals surface area contributed by atoms with Crippen LogP contribution in [-0.2, 0) is 11.3 Å². The first-order chi connectivity index (χ1) is 10.9. The first kappa shape index (κ1) is 19.2. The first-order valence-electron chi connectivity index (χ1n) is 7.18. The normalized spacial score (nSPS) is 19.1. The molecule has 2 aliphatic heterocycles. The van der Waals surface area contributed by atoms with E-state index < -0.39 is 6.36 Å². The van der Waals surface area contributed by atoms with Crippen molar-refractivity contribution in [2.24, 2.45) is 0 Å². The third-order valence-corrected chi connectivity index (χ3v) is 3.29. The van der Waals surface area contributed by atoms with Crippen molar-refractivity contribution in [3.63, 3.8) is 0 Å². The zero-order valence-electron chi connectivity index (χ0n) is 12.8. The Hall–Kier alpha value is -1.80. The largest absolute Gasteiger partial charge is 0.522 e. The van der Waals surface area contributed by atoms with Crippen LogP contribution in [0.2, 0.25) is 0 Å². The van der Waals surface area contributed by atoms with Gasteiger partial charge in [-0.25, -0.2) is 4.79 Å². The number of aliphatic hydroxyl groups excluding tert-OH is 1. The SMILES string of the molecule is COC(F)(F)F.O=C1NC2CCCN1C2.OCc1ccccc1. The van der Waals surface area contributed by atoms with E-state index in [4.69, 9.17) is 5.11 Å². The Morgan fingerprint density at radius 3 is 2.35 bits per heavy atom. The summed E-state index contributed by atoms with van der Waals surface area (Å²) >= 11 is 0. The van der Waals surface area contributed by atoms with Crippen molar-refractivity contribution in [1.82, 2.24) is 10.2 Å². The van der Waals surface area contributed by atoms with Gasteiger partial charge in [0.05, 0.1) is 6.61 Å². The van der Waals surface area contributed by atoms with Gasteiger partial charge in [0.1, 0.15) is 0 Å². The van der Waals surface area contributed by atoms with Crippen molar-refractivity contribution < 1.29 is 27.8 Å². The summed E-state index contributed by atoms with van der Waals surface area (Å²) in [4.78, 5) is 12.8. The number of piperidine rings is 1. The summed E-state index contributed by atoms with van der Waals surface area (Å²) in [6.07, 6.45) is -2.12. The lowest BCUT2D eigenvalue weighted by Gasteiger charge is -2.18. The molecule has 2 amide bonds. The average Bonchev–Trinajstić information content (AvgIpc) is 2.80. The highest BCUT2D eigenvalue weighted by Crippen LogP contribution is 2.15. The third kappa shape index (κ3) is 7.85. The van der Waals surface area contributed by atoms with Crippen LogP contribution in [0, 0.1) is 0 Å². The molecule has 130 valence electrons. The number of fused-ring (bicyclic) bond motifs is 2. The Bertz CT molecular complexity index is 469. The highest BCUT2D eigenvalue weighted by Gasteiger charge is 2.31. The molecule has 2 N–H and O–H groups in total. The predicted octanol–water partition coefficient (Wildman–Crippen LogP) is 2.51. The molecule has 0 saturated carbocycles. The fraction of sp³-hybridized carbons (Fsp3) is 0.533. The van der Waals surface area contributed by atoms with Crippen LogP contribution in [0.25, 0.3) is 0 Å². The Kier molecular flexibility index (Phi) is 7.84. The second-order valence-corrected chi connectivity index (χ2v) is 5.03. The summed E-state index contributed by atoms with van der Waals surface area (Å²) < 4.78 is 34.6. The van der Waals surface area contributed by atoms with E-state index in [2.05, 4.69) is 10.1 Å². The second-order valence-electron chi connectivity index (χ2n) is 5.03. The molecule has 1 unspecified atom stereocenters. The number of carbonyl (C=O) groups excluding carboxylic acids is 1. The van der Waals surface area contributed by atoms with E-state index in [-0.39, 0.29) is 12.6 Å². The van der Waals surface area contributed by atoms with Gasteiger partial charge in [-0.2, -0.15) is 0 Å². The quantitative estimate of drug-likeness (QED) is 0.829. The predicted molar refractivity (Wildman–Crippen MR) is 78.6 cm³/mol. The van der Waals surface area contributed by atoms with E-state index in [0.29, 0.717) is 13.2 Å². The van der Waals surface area contributed by atoms with Crippen molar-refractivity contribution in [3.05, 3.63) is 35.9 Å². The van der Waals surface area contributed by atoms with E-state index in [1.54, 1.807) is 0 Å². The number of carbonyl (C=O) groups is 1. The van der Waals surface area contributed by atoms with Gasteiger partial charge in [-0.1, -0.05) is 30.3 Å². The first-order valence-corrected chi connectivity index (χ1v) is 7.18. The minimum Gasteiger partial charge on any atom is -0.392 e. The van der Waals surface area contributed by atoms with Crippen molar-refractivity contribution in [2.45, 2.75) is 31.9 Å². The summed E-state index contributed by atoms with van der Waals surface area (Å²) in [5.41, 5.74) is 0.965. The standard InChI is InChI=1S/C7H8O.C6H10N2O.C2H3F3O/c8-6-7-4-2-1-3-5-7;9-6-7-5-2-1-3-8(6)4-5;1-6-2(3,4)5/h1-5,8H,6H2;5H,1-4H2,(H,7,9);1H3. The molecule has 1 aromatic carbocycles. The van der Waals surface area contributed by atoms with Crippen LogP contribution in [0.3, 0.4) is 0 Å². The number of rotatable bonds is 1. The molecule has 0 aromatic heterocycles. The zero-order chi connectivity index (χ0) is 17.3. The molecular formula is C15H21F3N2O3. The molecule has 2 heterocycles. The van der Waals surface area contributed by atoms with Crippen molar-refractivity contribution in [2.75, 3.05) is 20.2 Å². The highest BCUT2D eigenvalue weighted by molar-refractivity contribution is 5.77. The van der Waals surface area contributed by atoms with E-state index in [1.165, 1.54) is 12.8 Å². The van der Waals surface area contributed by atoms with Gasteiger partial charge in [-0.05, 0) is 18.4 Å². The molecular weight excluding hydrogens is 313 g/mol. The van der Waals surface area contributed by atoms with Crippen LogP contribution in [0.1, 0.15) is 18.4 Å². The monoisotopic (exact) mass is 334 g/mol. The molecule has 2 bridgehead atoms. The lowest BCUT2D eigenvalue weighted by molar-refractivity contribution is -0.311. The lowest BCUT2D eigenvalue weighted by atomic mass is 10.1. The molecule has 1 aromatic rings. The molecule has 5 nitrogen and oxygen atoms in total. The Morgan fingerprint density at radius 1 is 1.35 bits per heavy atom. The van der Waals surface area contributed by atoms with Gasteiger partial charge in [0.2, 0.25) is 0 Å². The maximum atomic E-state index is 10.9. The maximum absolute atomic E-state index is 10.9. The average molecular weight is 334 g/mol. The summed E-state index contributed by atoms with van der Waals surface area (Å²) in [5, 5.41) is 11.4. The Labute approximate surface area is 133 Å². The molecule has 2 fully saturated rings. The number of hydrogen-bond donors (Lipinski definition) is 2. The second kappa shape index (κ2) is 9.36. The number of ether oxygens (including phenoxy) is 1. The molecule has 0 aliphatic carbocycles. The highest BCUT2D eigenvalue weighted by atomic mass is 19.4. The van der Waals surface area contributed by atoms with Crippen LogP contribution in [-0.4, -0.2) is 48.6 Å². The van der Waals surface area contributed by atoms with Gasteiger partial charge in [0.25, 0.3) is 0 Å². The number of methoxy groups -OCH3 is 1.